The molecule has 1 atom stereocenters. The van der Waals surface area contributed by atoms with Crippen LogP contribution >= 0.6 is 0 Å². The molecule has 0 radical (unpaired) electrons. The van der Waals surface area contributed by atoms with E-state index >= 15 is 0 Å². The molecule has 1 aromatic heterocycles. The van der Waals surface area contributed by atoms with Crippen molar-refractivity contribution in [2.24, 2.45) is 5.92 Å². The van der Waals surface area contributed by atoms with E-state index in [1.165, 1.54) is 6.20 Å². The summed E-state index contributed by atoms with van der Waals surface area (Å²) in [6, 6.07) is 0.402. The van der Waals surface area contributed by atoms with Crippen molar-refractivity contribution in [2.75, 3.05) is 26.3 Å². The fraction of sp³-hybridized carbons (Fsp3) is 0.769. The van der Waals surface area contributed by atoms with Gasteiger partial charge in [0.05, 0.1) is 19.3 Å². The fourth-order valence-electron chi connectivity index (χ4n) is 2.13. The topological polar surface area (TPSA) is 85.2 Å². The molecule has 2 rings (SSSR count). The van der Waals surface area contributed by atoms with Crippen molar-refractivity contribution >= 4 is 10.0 Å². The summed E-state index contributed by atoms with van der Waals surface area (Å²) in [6.07, 6.45) is 3.86. The van der Waals surface area contributed by atoms with Gasteiger partial charge in [-0.15, -0.1) is 0 Å². The Balaban J connectivity index is 1.86. The number of rotatable bonds is 8. The van der Waals surface area contributed by atoms with Crippen LogP contribution in [-0.4, -0.2) is 50.5 Å². The average Bonchev–Trinajstić information content (AvgIpc) is 3.07. The van der Waals surface area contributed by atoms with E-state index < -0.39 is 10.0 Å². The lowest BCUT2D eigenvalue weighted by Gasteiger charge is -2.09. The zero-order valence-corrected chi connectivity index (χ0v) is 13.4. The van der Waals surface area contributed by atoms with Crippen molar-refractivity contribution in [3.8, 4) is 0 Å². The predicted molar refractivity (Wildman–Crippen MR) is 79.5 cm³/mol. The minimum absolute atomic E-state index is 0.214. The molecule has 0 bridgehead atoms. The van der Waals surface area contributed by atoms with Gasteiger partial charge in [0.2, 0.25) is 10.0 Å². The van der Waals surface area contributed by atoms with Gasteiger partial charge in [-0.25, -0.2) is 13.1 Å². The second kappa shape index (κ2) is 7.35. The largest absolute Gasteiger partial charge is 0.381 e. The number of hydrogen-bond acceptors (Lipinski definition) is 5. The van der Waals surface area contributed by atoms with Gasteiger partial charge in [0, 0.05) is 31.9 Å². The summed E-state index contributed by atoms with van der Waals surface area (Å²) in [5, 5.41) is 7.36. The highest BCUT2D eigenvalue weighted by Gasteiger charge is 2.21. The number of aromatic nitrogens is 2. The normalized spacial score (nSPS) is 19.5. The summed E-state index contributed by atoms with van der Waals surface area (Å²) in [4.78, 5) is 0.214. The highest BCUT2D eigenvalue weighted by atomic mass is 32.2. The van der Waals surface area contributed by atoms with Crippen molar-refractivity contribution in [3.05, 3.63) is 12.4 Å². The second-order valence-corrected chi connectivity index (χ2v) is 7.40. The van der Waals surface area contributed by atoms with Crippen LogP contribution in [0.25, 0.3) is 0 Å². The van der Waals surface area contributed by atoms with Gasteiger partial charge in [-0.2, -0.15) is 5.10 Å². The maximum atomic E-state index is 12.2. The molecule has 1 unspecified atom stereocenters. The number of ether oxygens (including phenoxy) is 1. The summed E-state index contributed by atoms with van der Waals surface area (Å²) in [5.41, 5.74) is 0. The molecule has 2 N–H and O–H groups in total. The molecule has 120 valence electrons. The summed E-state index contributed by atoms with van der Waals surface area (Å²) in [7, 11) is -3.48. The smallest absolute Gasteiger partial charge is 0.243 e. The van der Waals surface area contributed by atoms with Crippen LogP contribution in [0.2, 0.25) is 0 Å². The second-order valence-electron chi connectivity index (χ2n) is 5.63. The Morgan fingerprint density at radius 3 is 3.00 bits per heavy atom. The van der Waals surface area contributed by atoms with Crippen LogP contribution in [0.5, 0.6) is 0 Å². The molecule has 1 aromatic rings. The molecule has 1 saturated heterocycles. The number of hydrogen-bond donors (Lipinski definition) is 2. The van der Waals surface area contributed by atoms with Crippen LogP contribution in [0, 0.1) is 5.92 Å². The van der Waals surface area contributed by atoms with Gasteiger partial charge in [-0.1, -0.05) is 13.8 Å². The quantitative estimate of drug-likeness (QED) is 0.715. The molecule has 0 spiro atoms. The van der Waals surface area contributed by atoms with E-state index in [4.69, 9.17) is 4.74 Å². The number of nitrogens with zero attached hydrogens (tertiary/aromatic N) is 2. The summed E-state index contributed by atoms with van der Waals surface area (Å²) in [5.74, 6) is 0.269. The zero-order valence-electron chi connectivity index (χ0n) is 12.6. The Labute approximate surface area is 126 Å². The van der Waals surface area contributed by atoms with E-state index in [1.54, 1.807) is 10.9 Å². The molecular formula is C13H24N4O3S. The number of sulfonamides is 1. The maximum Gasteiger partial charge on any atom is 0.243 e. The van der Waals surface area contributed by atoms with Gasteiger partial charge in [-0.3, -0.25) is 4.68 Å². The molecule has 0 saturated carbocycles. The molecule has 2 heterocycles. The summed E-state index contributed by atoms with van der Waals surface area (Å²) >= 11 is 0. The third kappa shape index (κ3) is 5.06. The molecule has 8 heteroatoms. The average molecular weight is 316 g/mol. The van der Waals surface area contributed by atoms with Crippen molar-refractivity contribution in [1.82, 2.24) is 19.8 Å². The monoisotopic (exact) mass is 316 g/mol. The van der Waals surface area contributed by atoms with Crippen LogP contribution in [0.4, 0.5) is 0 Å². The molecule has 0 aromatic carbocycles. The van der Waals surface area contributed by atoms with Crippen molar-refractivity contribution in [2.45, 2.75) is 37.8 Å². The van der Waals surface area contributed by atoms with E-state index in [0.29, 0.717) is 32.3 Å². The highest BCUT2D eigenvalue weighted by molar-refractivity contribution is 7.89. The van der Waals surface area contributed by atoms with Crippen LogP contribution in [0.15, 0.2) is 17.3 Å². The molecule has 0 amide bonds. The van der Waals surface area contributed by atoms with Gasteiger partial charge in [0.15, 0.2) is 0 Å². The third-order valence-corrected chi connectivity index (χ3v) is 4.78. The third-order valence-electron chi connectivity index (χ3n) is 3.40. The Kier molecular flexibility index (Phi) is 5.74. The van der Waals surface area contributed by atoms with Crippen molar-refractivity contribution in [1.29, 1.82) is 0 Å². The minimum Gasteiger partial charge on any atom is -0.381 e. The van der Waals surface area contributed by atoms with Crippen LogP contribution in [0.3, 0.4) is 0 Å². The fourth-order valence-corrected chi connectivity index (χ4v) is 3.20. The summed E-state index contributed by atoms with van der Waals surface area (Å²) in [6.45, 7) is 7.29. The van der Waals surface area contributed by atoms with E-state index in [2.05, 4.69) is 29.0 Å². The SMILES string of the molecule is CC(C)NCCn1cc(S(=O)(=O)NCC2CCOC2)cn1. The first-order chi connectivity index (χ1) is 9.97. The number of nitrogens with one attached hydrogen (secondary N) is 2. The van der Waals surface area contributed by atoms with Gasteiger partial charge in [0.25, 0.3) is 0 Å². The first-order valence-corrected chi connectivity index (χ1v) is 8.79. The standard InChI is InChI=1S/C13H24N4O3S/c1-11(2)14-4-5-17-9-13(8-15-17)21(18,19)16-7-12-3-6-20-10-12/h8-9,11-12,14,16H,3-7,10H2,1-2H3. The van der Waals surface area contributed by atoms with Gasteiger partial charge < -0.3 is 10.1 Å². The molecule has 1 aliphatic rings. The first kappa shape index (κ1) is 16.4. The lowest BCUT2D eigenvalue weighted by atomic mass is 10.1. The molecule has 1 aliphatic heterocycles. The molecule has 21 heavy (non-hydrogen) atoms. The van der Waals surface area contributed by atoms with Gasteiger partial charge in [0.1, 0.15) is 4.90 Å². The van der Waals surface area contributed by atoms with Crippen molar-refractivity contribution < 1.29 is 13.2 Å². The molecular weight excluding hydrogens is 292 g/mol. The summed E-state index contributed by atoms with van der Waals surface area (Å²) < 4.78 is 33.8. The van der Waals surface area contributed by atoms with Crippen LogP contribution < -0.4 is 10.0 Å². The van der Waals surface area contributed by atoms with Crippen LogP contribution in [0.1, 0.15) is 20.3 Å². The zero-order chi connectivity index (χ0) is 15.3. The van der Waals surface area contributed by atoms with E-state index in [0.717, 1.165) is 13.0 Å². The lowest BCUT2D eigenvalue weighted by molar-refractivity contribution is 0.186. The predicted octanol–water partition coefficient (Wildman–Crippen LogP) is 0.196. The van der Waals surface area contributed by atoms with Crippen molar-refractivity contribution in [3.63, 3.8) is 0 Å². The van der Waals surface area contributed by atoms with Gasteiger partial charge >= 0.3 is 0 Å². The highest BCUT2D eigenvalue weighted by Crippen LogP contribution is 2.13. The Morgan fingerprint density at radius 2 is 2.33 bits per heavy atom. The molecule has 1 fully saturated rings. The lowest BCUT2D eigenvalue weighted by Crippen LogP contribution is -2.29. The van der Waals surface area contributed by atoms with Crippen LogP contribution in [-0.2, 0) is 21.3 Å². The van der Waals surface area contributed by atoms with Gasteiger partial charge in [-0.05, 0) is 12.3 Å². The Bertz CT molecular complexity index is 535. The Morgan fingerprint density at radius 1 is 1.52 bits per heavy atom. The van der Waals surface area contributed by atoms with E-state index in [-0.39, 0.29) is 10.8 Å². The van der Waals surface area contributed by atoms with E-state index in [9.17, 15) is 8.42 Å². The minimum atomic E-state index is -3.48. The maximum absolute atomic E-state index is 12.2. The first-order valence-electron chi connectivity index (χ1n) is 7.30. The molecule has 7 nitrogen and oxygen atoms in total. The Hall–Kier alpha value is -0.960. The van der Waals surface area contributed by atoms with E-state index in [1.807, 2.05) is 0 Å². The molecule has 0 aliphatic carbocycles.